The molecule has 0 N–H and O–H groups in total. The third-order valence-electron chi connectivity index (χ3n) is 2.27. The van der Waals surface area contributed by atoms with E-state index in [0.717, 1.165) is 12.1 Å². The van der Waals surface area contributed by atoms with Gasteiger partial charge in [-0.15, -0.1) is 0 Å². The molecule has 0 saturated carbocycles. The molecule has 0 saturated heterocycles. The fraction of sp³-hybridized carbons (Fsp3) is 0.462. The highest BCUT2D eigenvalue weighted by Gasteiger charge is 2.10. The summed E-state index contributed by atoms with van der Waals surface area (Å²) in [6.45, 7) is 8.84. The number of hydrogen-bond donors (Lipinski definition) is 0. The van der Waals surface area contributed by atoms with Gasteiger partial charge in [0.05, 0.1) is 0 Å². The number of aromatic nitrogens is 1. The Balaban J connectivity index is 2.72. The number of ketones is 1. The lowest BCUT2D eigenvalue weighted by Crippen LogP contribution is -2.06. The van der Waals surface area contributed by atoms with Crippen molar-refractivity contribution in [3.05, 3.63) is 35.7 Å². The molecule has 0 amide bonds. The van der Waals surface area contributed by atoms with Crippen molar-refractivity contribution in [3.63, 3.8) is 0 Å². The van der Waals surface area contributed by atoms with Gasteiger partial charge in [-0.25, -0.2) is 0 Å². The molecule has 2 heteroatoms. The van der Waals surface area contributed by atoms with Gasteiger partial charge in [0, 0.05) is 30.4 Å². The van der Waals surface area contributed by atoms with Crippen LogP contribution in [0.1, 0.15) is 38.1 Å². The smallest absolute Gasteiger partial charge is 0.166 e. The van der Waals surface area contributed by atoms with E-state index in [-0.39, 0.29) is 11.7 Å². The van der Waals surface area contributed by atoms with Crippen LogP contribution in [0.25, 0.3) is 0 Å². The van der Waals surface area contributed by atoms with Crippen LogP contribution in [-0.2, 0) is 6.54 Å². The Hall–Kier alpha value is -1.31. The van der Waals surface area contributed by atoms with Crippen molar-refractivity contribution >= 4 is 5.78 Å². The molecule has 0 atom stereocenters. The molecule has 82 valence electrons. The standard InChI is InChI=1S/C13H19NO/c1-10(2)5-7-14-8-6-12(9-14)13(15)11(3)4/h5-6,8-9,11H,7H2,1-4H3. The molecular formula is C13H19NO. The Bertz CT molecular complexity index is 368. The molecule has 1 heterocycles. The van der Waals surface area contributed by atoms with Gasteiger partial charge in [-0.3, -0.25) is 4.79 Å². The monoisotopic (exact) mass is 205 g/mol. The molecule has 0 aromatic carbocycles. The predicted octanol–water partition coefficient (Wildman–Crippen LogP) is 3.29. The van der Waals surface area contributed by atoms with Crippen LogP contribution in [0, 0.1) is 5.92 Å². The summed E-state index contributed by atoms with van der Waals surface area (Å²) < 4.78 is 2.03. The van der Waals surface area contributed by atoms with Crippen LogP contribution in [0.5, 0.6) is 0 Å². The Morgan fingerprint density at radius 1 is 1.47 bits per heavy atom. The molecule has 0 aliphatic rings. The summed E-state index contributed by atoms with van der Waals surface area (Å²) in [5, 5.41) is 0. The van der Waals surface area contributed by atoms with Gasteiger partial charge in [0.2, 0.25) is 0 Å². The SMILES string of the molecule is CC(C)=CCn1ccc(C(=O)C(C)C)c1. The second-order valence-electron chi connectivity index (χ2n) is 4.40. The van der Waals surface area contributed by atoms with Crippen molar-refractivity contribution in [2.45, 2.75) is 34.2 Å². The number of Topliss-reactive ketones (excluding diaryl/α,β-unsaturated/α-hetero) is 1. The van der Waals surface area contributed by atoms with E-state index in [1.807, 2.05) is 36.9 Å². The van der Waals surface area contributed by atoms with Crippen molar-refractivity contribution in [1.29, 1.82) is 0 Å². The average Bonchev–Trinajstić information content (AvgIpc) is 2.61. The first-order valence-electron chi connectivity index (χ1n) is 5.34. The second kappa shape index (κ2) is 4.96. The van der Waals surface area contributed by atoms with Crippen LogP contribution in [0.15, 0.2) is 30.1 Å². The zero-order valence-electron chi connectivity index (χ0n) is 9.95. The topological polar surface area (TPSA) is 22.0 Å². The fourth-order valence-electron chi connectivity index (χ4n) is 1.32. The van der Waals surface area contributed by atoms with Crippen molar-refractivity contribution in [3.8, 4) is 0 Å². The zero-order valence-corrected chi connectivity index (χ0v) is 9.95. The van der Waals surface area contributed by atoms with Gasteiger partial charge >= 0.3 is 0 Å². The maximum atomic E-state index is 11.7. The highest BCUT2D eigenvalue weighted by molar-refractivity contribution is 5.97. The van der Waals surface area contributed by atoms with Crippen LogP contribution >= 0.6 is 0 Å². The van der Waals surface area contributed by atoms with Gasteiger partial charge in [-0.1, -0.05) is 25.5 Å². The first-order chi connectivity index (χ1) is 7.00. The number of carbonyl (C=O) groups excluding carboxylic acids is 1. The highest BCUT2D eigenvalue weighted by Crippen LogP contribution is 2.09. The summed E-state index contributed by atoms with van der Waals surface area (Å²) in [6.07, 6.45) is 6.01. The molecular weight excluding hydrogens is 186 g/mol. The van der Waals surface area contributed by atoms with Gasteiger partial charge in [-0.05, 0) is 19.9 Å². The largest absolute Gasteiger partial charge is 0.350 e. The van der Waals surface area contributed by atoms with E-state index in [1.54, 1.807) is 0 Å². The molecule has 0 spiro atoms. The highest BCUT2D eigenvalue weighted by atomic mass is 16.1. The number of nitrogens with zero attached hydrogens (tertiary/aromatic N) is 1. The van der Waals surface area contributed by atoms with Crippen LogP contribution < -0.4 is 0 Å². The third kappa shape index (κ3) is 3.39. The van der Waals surface area contributed by atoms with Gasteiger partial charge < -0.3 is 4.57 Å². The number of allylic oxidation sites excluding steroid dienone is 2. The Morgan fingerprint density at radius 3 is 2.67 bits per heavy atom. The quantitative estimate of drug-likeness (QED) is 0.546. The number of hydrogen-bond acceptors (Lipinski definition) is 1. The van der Waals surface area contributed by atoms with E-state index in [0.29, 0.717) is 0 Å². The minimum Gasteiger partial charge on any atom is -0.350 e. The molecule has 1 rings (SSSR count). The Labute approximate surface area is 91.6 Å². The molecule has 1 aromatic rings. The molecule has 0 bridgehead atoms. The molecule has 0 aliphatic carbocycles. The fourth-order valence-corrected chi connectivity index (χ4v) is 1.32. The lowest BCUT2D eigenvalue weighted by molar-refractivity contribution is 0.0939. The normalized spacial score (nSPS) is 10.5. The molecule has 1 aromatic heterocycles. The summed E-state index contributed by atoms with van der Waals surface area (Å²) in [7, 11) is 0. The molecule has 2 nitrogen and oxygen atoms in total. The Morgan fingerprint density at radius 2 is 2.13 bits per heavy atom. The maximum absolute atomic E-state index is 11.7. The van der Waals surface area contributed by atoms with E-state index in [2.05, 4.69) is 19.9 Å². The first kappa shape index (κ1) is 11.8. The lowest BCUT2D eigenvalue weighted by Gasteiger charge is -2.00. The molecule has 0 aliphatic heterocycles. The summed E-state index contributed by atoms with van der Waals surface area (Å²) in [5.41, 5.74) is 2.10. The molecule has 0 radical (unpaired) electrons. The van der Waals surface area contributed by atoms with E-state index >= 15 is 0 Å². The van der Waals surface area contributed by atoms with Gasteiger partial charge in [0.25, 0.3) is 0 Å². The van der Waals surface area contributed by atoms with E-state index in [1.165, 1.54) is 5.57 Å². The van der Waals surface area contributed by atoms with Crippen LogP contribution in [0.4, 0.5) is 0 Å². The summed E-state index contributed by atoms with van der Waals surface area (Å²) in [5.74, 6) is 0.287. The van der Waals surface area contributed by atoms with E-state index in [9.17, 15) is 4.79 Å². The van der Waals surface area contributed by atoms with Crippen LogP contribution in [-0.4, -0.2) is 10.4 Å². The number of rotatable bonds is 4. The van der Waals surface area contributed by atoms with E-state index < -0.39 is 0 Å². The summed E-state index contributed by atoms with van der Waals surface area (Å²) in [6, 6.07) is 1.89. The third-order valence-corrected chi connectivity index (χ3v) is 2.27. The van der Waals surface area contributed by atoms with Crippen molar-refractivity contribution < 1.29 is 4.79 Å². The van der Waals surface area contributed by atoms with Crippen molar-refractivity contribution in [2.75, 3.05) is 0 Å². The van der Waals surface area contributed by atoms with Gasteiger partial charge in [-0.2, -0.15) is 0 Å². The van der Waals surface area contributed by atoms with Crippen molar-refractivity contribution in [2.24, 2.45) is 5.92 Å². The lowest BCUT2D eigenvalue weighted by atomic mass is 10.0. The number of carbonyl (C=O) groups is 1. The molecule has 0 unspecified atom stereocenters. The van der Waals surface area contributed by atoms with Gasteiger partial charge in [0.1, 0.15) is 0 Å². The minimum absolute atomic E-state index is 0.0734. The predicted molar refractivity (Wildman–Crippen MR) is 63.0 cm³/mol. The van der Waals surface area contributed by atoms with Crippen molar-refractivity contribution in [1.82, 2.24) is 4.57 Å². The van der Waals surface area contributed by atoms with E-state index in [4.69, 9.17) is 0 Å². The maximum Gasteiger partial charge on any atom is 0.166 e. The zero-order chi connectivity index (χ0) is 11.4. The molecule has 15 heavy (non-hydrogen) atoms. The minimum atomic E-state index is 0.0734. The Kier molecular flexibility index (Phi) is 3.89. The molecule has 0 fully saturated rings. The van der Waals surface area contributed by atoms with Crippen LogP contribution in [0.2, 0.25) is 0 Å². The average molecular weight is 205 g/mol. The second-order valence-corrected chi connectivity index (χ2v) is 4.40. The summed E-state index contributed by atoms with van der Waals surface area (Å²) in [4.78, 5) is 11.7. The first-order valence-corrected chi connectivity index (χ1v) is 5.34. The van der Waals surface area contributed by atoms with Crippen LogP contribution in [0.3, 0.4) is 0 Å². The summed E-state index contributed by atoms with van der Waals surface area (Å²) >= 11 is 0. The van der Waals surface area contributed by atoms with Gasteiger partial charge in [0.15, 0.2) is 5.78 Å².